The predicted molar refractivity (Wildman–Crippen MR) is 73.2 cm³/mol. The van der Waals surface area contributed by atoms with Gasteiger partial charge in [-0.1, -0.05) is 22.0 Å². The molecule has 0 amide bonds. The lowest BCUT2D eigenvalue weighted by Gasteiger charge is -2.15. The summed E-state index contributed by atoms with van der Waals surface area (Å²) in [6.07, 6.45) is 0. The number of nitrogens with two attached hydrogens (primary N) is 1. The molecule has 100 valence electrons. The molecule has 0 radical (unpaired) electrons. The molecule has 0 aliphatic carbocycles. The van der Waals surface area contributed by atoms with Crippen LogP contribution in [0.4, 0.5) is 8.78 Å². The first-order valence-electron chi connectivity index (χ1n) is 5.66. The van der Waals surface area contributed by atoms with E-state index in [2.05, 4.69) is 15.9 Å². The summed E-state index contributed by atoms with van der Waals surface area (Å²) in [6.45, 7) is 1.64. The van der Waals surface area contributed by atoms with Crippen molar-refractivity contribution in [3.8, 4) is 11.5 Å². The van der Waals surface area contributed by atoms with E-state index >= 15 is 0 Å². The van der Waals surface area contributed by atoms with E-state index in [-0.39, 0.29) is 17.1 Å². The van der Waals surface area contributed by atoms with Gasteiger partial charge in [0, 0.05) is 16.1 Å². The van der Waals surface area contributed by atoms with Gasteiger partial charge in [0.25, 0.3) is 0 Å². The first-order valence-corrected chi connectivity index (χ1v) is 6.45. The molecule has 0 saturated heterocycles. The molecule has 0 saturated carbocycles. The maximum atomic E-state index is 13.7. The molecule has 0 spiro atoms. The first kappa shape index (κ1) is 14.0. The molecule has 2 nitrogen and oxygen atoms in total. The number of ether oxygens (including phenoxy) is 1. The second-order valence-corrected chi connectivity index (χ2v) is 5.03. The van der Waals surface area contributed by atoms with Crippen molar-refractivity contribution in [1.29, 1.82) is 0 Å². The topological polar surface area (TPSA) is 35.2 Å². The predicted octanol–water partition coefficient (Wildman–Crippen LogP) is 4.54. The second-order valence-electron chi connectivity index (χ2n) is 4.12. The fourth-order valence-corrected chi connectivity index (χ4v) is 2.06. The molecular weight excluding hydrogens is 316 g/mol. The summed E-state index contributed by atoms with van der Waals surface area (Å²) in [5.41, 5.74) is 5.94. The summed E-state index contributed by atoms with van der Waals surface area (Å²) in [4.78, 5) is 0. The molecule has 5 heteroatoms. The minimum Gasteiger partial charge on any atom is -0.454 e. The van der Waals surface area contributed by atoms with E-state index in [1.807, 2.05) is 0 Å². The van der Waals surface area contributed by atoms with Gasteiger partial charge in [-0.3, -0.25) is 0 Å². The highest BCUT2D eigenvalue weighted by Gasteiger charge is 2.15. The third-order valence-corrected chi connectivity index (χ3v) is 3.07. The normalized spacial score (nSPS) is 12.3. The van der Waals surface area contributed by atoms with Crippen LogP contribution >= 0.6 is 15.9 Å². The number of hydrogen-bond acceptors (Lipinski definition) is 2. The fraction of sp³-hybridized carbons (Fsp3) is 0.143. The van der Waals surface area contributed by atoms with Gasteiger partial charge in [-0.05, 0) is 37.3 Å². The molecule has 0 aliphatic rings. The Kier molecular flexibility index (Phi) is 4.17. The maximum Gasteiger partial charge on any atom is 0.165 e. The molecule has 0 aromatic heterocycles. The van der Waals surface area contributed by atoms with Crippen LogP contribution in [0.1, 0.15) is 18.5 Å². The van der Waals surface area contributed by atoms with E-state index in [9.17, 15) is 8.78 Å². The lowest BCUT2D eigenvalue weighted by molar-refractivity contribution is 0.428. The molecule has 0 fully saturated rings. The highest BCUT2D eigenvalue weighted by Crippen LogP contribution is 2.33. The van der Waals surface area contributed by atoms with Crippen LogP contribution in [-0.2, 0) is 0 Å². The number of hydrogen-bond donors (Lipinski definition) is 1. The molecule has 0 aliphatic heterocycles. The molecule has 0 unspecified atom stereocenters. The Balaban J connectivity index is 2.44. The molecule has 0 bridgehead atoms. The Bertz CT molecular complexity index is 602. The monoisotopic (exact) mass is 327 g/mol. The van der Waals surface area contributed by atoms with Gasteiger partial charge >= 0.3 is 0 Å². The van der Waals surface area contributed by atoms with Crippen LogP contribution in [0, 0.1) is 11.6 Å². The zero-order chi connectivity index (χ0) is 14.0. The molecule has 19 heavy (non-hydrogen) atoms. The quantitative estimate of drug-likeness (QED) is 0.898. The molecular formula is C14H12BrF2NO. The Labute approximate surface area is 118 Å². The maximum absolute atomic E-state index is 13.7. The third kappa shape index (κ3) is 3.11. The van der Waals surface area contributed by atoms with Gasteiger partial charge < -0.3 is 10.5 Å². The van der Waals surface area contributed by atoms with Gasteiger partial charge in [0.2, 0.25) is 0 Å². The van der Waals surface area contributed by atoms with Crippen LogP contribution in [0.2, 0.25) is 0 Å². The average molecular weight is 328 g/mol. The molecule has 2 N–H and O–H groups in total. The lowest BCUT2D eigenvalue weighted by atomic mass is 10.1. The van der Waals surface area contributed by atoms with E-state index in [4.69, 9.17) is 10.5 Å². The van der Waals surface area contributed by atoms with Crippen molar-refractivity contribution in [2.45, 2.75) is 13.0 Å². The Morgan fingerprint density at radius 3 is 2.53 bits per heavy atom. The van der Waals surface area contributed by atoms with Crippen LogP contribution in [0.15, 0.2) is 40.9 Å². The van der Waals surface area contributed by atoms with Crippen molar-refractivity contribution in [2.75, 3.05) is 0 Å². The van der Waals surface area contributed by atoms with E-state index in [1.54, 1.807) is 19.1 Å². The molecule has 2 aromatic carbocycles. The van der Waals surface area contributed by atoms with E-state index in [0.717, 1.165) is 0 Å². The lowest BCUT2D eigenvalue weighted by Crippen LogP contribution is -2.09. The molecule has 2 rings (SSSR count). The summed E-state index contributed by atoms with van der Waals surface area (Å²) < 4.78 is 33.4. The van der Waals surface area contributed by atoms with Crippen molar-refractivity contribution in [2.24, 2.45) is 5.73 Å². The van der Waals surface area contributed by atoms with Gasteiger partial charge in [0.15, 0.2) is 11.6 Å². The van der Waals surface area contributed by atoms with E-state index in [1.165, 1.54) is 24.3 Å². The van der Waals surface area contributed by atoms with Crippen LogP contribution in [-0.4, -0.2) is 0 Å². The first-order chi connectivity index (χ1) is 8.99. The van der Waals surface area contributed by atoms with Crippen molar-refractivity contribution in [3.63, 3.8) is 0 Å². The summed E-state index contributed by atoms with van der Waals surface area (Å²) in [5.74, 6) is -0.764. The molecule has 1 atom stereocenters. The summed E-state index contributed by atoms with van der Waals surface area (Å²) >= 11 is 3.23. The Hall–Kier alpha value is -1.46. The van der Waals surface area contributed by atoms with Crippen LogP contribution < -0.4 is 10.5 Å². The Morgan fingerprint density at radius 1 is 1.11 bits per heavy atom. The molecule has 2 aromatic rings. The highest BCUT2D eigenvalue weighted by molar-refractivity contribution is 9.10. The summed E-state index contributed by atoms with van der Waals surface area (Å²) in [7, 11) is 0. The van der Waals surface area contributed by atoms with E-state index in [0.29, 0.717) is 4.47 Å². The zero-order valence-electron chi connectivity index (χ0n) is 10.2. The minimum atomic E-state index is -0.550. The van der Waals surface area contributed by atoms with Gasteiger partial charge in [-0.25, -0.2) is 8.78 Å². The van der Waals surface area contributed by atoms with E-state index < -0.39 is 17.7 Å². The number of halogens is 3. The number of rotatable bonds is 3. The van der Waals surface area contributed by atoms with Crippen LogP contribution in [0.3, 0.4) is 0 Å². The SMILES string of the molecule is C[C@H](N)c1c(F)cccc1Oc1cc(Br)ccc1F. The van der Waals surface area contributed by atoms with Crippen LogP contribution in [0.25, 0.3) is 0 Å². The summed E-state index contributed by atoms with van der Waals surface area (Å²) in [6, 6.07) is 8.10. The number of benzene rings is 2. The van der Waals surface area contributed by atoms with Crippen molar-refractivity contribution >= 4 is 15.9 Å². The van der Waals surface area contributed by atoms with Crippen molar-refractivity contribution in [3.05, 3.63) is 58.1 Å². The van der Waals surface area contributed by atoms with Gasteiger partial charge in [-0.2, -0.15) is 0 Å². The smallest absolute Gasteiger partial charge is 0.165 e. The highest BCUT2D eigenvalue weighted by atomic mass is 79.9. The largest absolute Gasteiger partial charge is 0.454 e. The fourth-order valence-electron chi connectivity index (χ4n) is 1.72. The molecule has 0 heterocycles. The second kappa shape index (κ2) is 5.67. The minimum absolute atomic E-state index is 0.0156. The van der Waals surface area contributed by atoms with Gasteiger partial charge in [-0.15, -0.1) is 0 Å². The van der Waals surface area contributed by atoms with Gasteiger partial charge in [0.1, 0.15) is 11.6 Å². The summed E-state index contributed by atoms with van der Waals surface area (Å²) in [5, 5.41) is 0. The Morgan fingerprint density at radius 2 is 1.84 bits per heavy atom. The zero-order valence-corrected chi connectivity index (χ0v) is 11.7. The third-order valence-electron chi connectivity index (χ3n) is 2.58. The van der Waals surface area contributed by atoms with Gasteiger partial charge in [0.05, 0.1) is 0 Å². The van der Waals surface area contributed by atoms with Crippen LogP contribution in [0.5, 0.6) is 11.5 Å². The van der Waals surface area contributed by atoms with Crippen molar-refractivity contribution < 1.29 is 13.5 Å². The standard InChI is InChI=1S/C14H12BrF2NO/c1-8(18)14-11(17)3-2-4-12(14)19-13-7-9(15)5-6-10(13)16/h2-8H,18H2,1H3/t8-/m0/s1. The average Bonchev–Trinajstić information content (AvgIpc) is 2.33. The van der Waals surface area contributed by atoms with Crippen molar-refractivity contribution in [1.82, 2.24) is 0 Å².